The second-order valence-corrected chi connectivity index (χ2v) is 6.13. The Labute approximate surface area is 113 Å². The minimum absolute atomic E-state index is 0.419. The molecule has 0 bridgehead atoms. The highest BCUT2D eigenvalue weighted by Crippen LogP contribution is 2.27. The molecular weight excluding hydrogens is 222 g/mol. The van der Waals surface area contributed by atoms with E-state index in [-0.39, 0.29) is 0 Å². The van der Waals surface area contributed by atoms with Crippen LogP contribution in [0.5, 0.6) is 0 Å². The largest absolute Gasteiger partial charge is 0.326 e. The van der Waals surface area contributed by atoms with Crippen LogP contribution in [0.15, 0.2) is 0 Å². The predicted molar refractivity (Wildman–Crippen MR) is 77.7 cm³/mol. The average molecular weight is 253 g/mol. The minimum atomic E-state index is 0.419. The van der Waals surface area contributed by atoms with Gasteiger partial charge in [-0.15, -0.1) is 0 Å². The third kappa shape index (κ3) is 3.46. The van der Waals surface area contributed by atoms with Crippen LogP contribution in [-0.4, -0.2) is 54.6 Å². The Balaban J connectivity index is 1.74. The molecule has 3 nitrogen and oxygen atoms in total. The third-order valence-corrected chi connectivity index (χ3v) is 5.05. The normalized spacial score (nSPS) is 28.3. The fourth-order valence-corrected chi connectivity index (χ4v) is 3.85. The molecule has 1 saturated carbocycles. The van der Waals surface area contributed by atoms with Crippen LogP contribution >= 0.6 is 0 Å². The molecule has 0 amide bonds. The quantitative estimate of drug-likeness (QED) is 0.785. The first-order chi connectivity index (χ1) is 8.74. The Kier molecular flexibility index (Phi) is 5.46. The molecule has 2 aliphatic rings. The highest BCUT2D eigenvalue weighted by molar-refractivity contribution is 4.87. The number of nitrogens with zero attached hydrogens (tertiary/aromatic N) is 2. The van der Waals surface area contributed by atoms with E-state index in [1.54, 1.807) is 0 Å². The summed E-state index contributed by atoms with van der Waals surface area (Å²) in [5.74, 6) is 0.803. The molecule has 3 heteroatoms. The second-order valence-electron chi connectivity index (χ2n) is 6.13. The summed E-state index contributed by atoms with van der Waals surface area (Å²) >= 11 is 0. The minimum Gasteiger partial charge on any atom is -0.326 e. The summed E-state index contributed by atoms with van der Waals surface area (Å²) in [5, 5.41) is 0. The summed E-state index contributed by atoms with van der Waals surface area (Å²) in [7, 11) is 0. The second kappa shape index (κ2) is 6.88. The summed E-state index contributed by atoms with van der Waals surface area (Å²) < 4.78 is 0. The van der Waals surface area contributed by atoms with Crippen LogP contribution in [0.1, 0.15) is 46.0 Å². The fourth-order valence-electron chi connectivity index (χ4n) is 3.85. The highest BCUT2D eigenvalue weighted by Gasteiger charge is 2.29. The monoisotopic (exact) mass is 253 g/mol. The molecule has 2 unspecified atom stereocenters. The molecule has 2 rings (SSSR count). The van der Waals surface area contributed by atoms with E-state index >= 15 is 0 Å². The number of likely N-dealkylation sites (tertiary alicyclic amines) is 1. The predicted octanol–water partition coefficient (Wildman–Crippen LogP) is 1.92. The first-order valence-corrected chi connectivity index (χ1v) is 7.96. The molecule has 1 saturated heterocycles. The smallest absolute Gasteiger partial charge is 0.0235 e. The molecular formula is C15H31N3. The Morgan fingerprint density at radius 1 is 1.17 bits per heavy atom. The van der Waals surface area contributed by atoms with Crippen molar-refractivity contribution in [3.05, 3.63) is 0 Å². The van der Waals surface area contributed by atoms with Gasteiger partial charge in [-0.25, -0.2) is 0 Å². The average Bonchev–Trinajstić information content (AvgIpc) is 3.01. The van der Waals surface area contributed by atoms with Gasteiger partial charge in [0.1, 0.15) is 0 Å². The van der Waals surface area contributed by atoms with E-state index < -0.39 is 0 Å². The standard InChI is InChI=1S/C15H31N3/c1-3-18(4-2)14-9-10-17(11-14)12-15(16)13-7-5-6-8-13/h13-15H,3-12,16H2,1-2H3. The summed E-state index contributed by atoms with van der Waals surface area (Å²) in [4.78, 5) is 5.20. The maximum atomic E-state index is 6.39. The molecule has 0 aromatic carbocycles. The number of likely N-dealkylation sites (N-methyl/N-ethyl adjacent to an activating group) is 1. The van der Waals surface area contributed by atoms with Crippen molar-refractivity contribution in [2.45, 2.75) is 58.0 Å². The van der Waals surface area contributed by atoms with Gasteiger partial charge in [0.05, 0.1) is 0 Å². The fraction of sp³-hybridized carbons (Fsp3) is 1.00. The Morgan fingerprint density at radius 3 is 2.44 bits per heavy atom. The van der Waals surface area contributed by atoms with E-state index in [2.05, 4.69) is 23.6 Å². The molecule has 0 spiro atoms. The van der Waals surface area contributed by atoms with E-state index in [9.17, 15) is 0 Å². The van der Waals surface area contributed by atoms with Gasteiger partial charge in [-0.3, -0.25) is 4.90 Å². The molecule has 1 aliphatic heterocycles. The number of hydrogen-bond acceptors (Lipinski definition) is 3. The van der Waals surface area contributed by atoms with Gasteiger partial charge >= 0.3 is 0 Å². The molecule has 0 aromatic rings. The van der Waals surface area contributed by atoms with Gasteiger partial charge in [0.15, 0.2) is 0 Å². The maximum Gasteiger partial charge on any atom is 0.0235 e. The van der Waals surface area contributed by atoms with E-state index in [1.165, 1.54) is 58.3 Å². The van der Waals surface area contributed by atoms with Crippen molar-refractivity contribution >= 4 is 0 Å². The van der Waals surface area contributed by atoms with Gasteiger partial charge in [0.2, 0.25) is 0 Å². The Hall–Kier alpha value is -0.120. The molecule has 2 fully saturated rings. The number of hydrogen-bond donors (Lipinski definition) is 1. The number of rotatable bonds is 6. The summed E-state index contributed by atoms with van der Waals surface area (Å²) in [5.41, 5.74) is 6.39. The molecule has 1 aliphatic carbocycles. The van der Waals surface area contributed by atoms with Crippen LogP contribution < -0.4 is 5.73 Å². The van der Waals surface area contributed by atoms with Crippen molar-refractivity contribution in [2.75, 3.05) is 32.7 Å². The van der Waals surface area contributed by atoms with Gasteiger partial charge in [-0.05, 0) is 44.8 Å². The van der Waals surface area contributed by atoms with Gasteiger partial charge < -0.3 is 10.6 Å². The first-order valence-electron chi connectivity index (χ1n) is 7.96. The third-order valence-electron chi connectivity index (χ3n) is 5.05. The van der Waals surface area contributed by atoms with Crippen LogP contribution in [0.2, 0.25) is 0 Å². The molecule has 1 heterocycles. The van der Waals surface area contributed by atoms with Crippen molar-refractivity contribution in [1.82, 2.24) is 9.80 Å². The molecule has 0 radical (unpaired) electrons. The zero-order valence-electron chi connectivity index (χ0n) is 12.3. The van der Waals surface area contributed by atoms with Crippen LogP contribution in [0.4, 0.5) is 0 Å². The van der Waals surface area contributed by atoms with Crippen molar-refractivity contribution in [1.29, 1.82) is 0 Å². The first kappa shape index (κ1) is 14.3. The number of nitrogens with two attached hydrogens (primary N) is 1. The zero-order chi connectivity index (χ0) is 13.0. The molecule has 106 valence electrons. The maximum absolute atomic E-state index is 6.39. The van der Waals surface area contributed by atoms with Crippen LogP contribution in [-0.2, 0) is 0 Å². The highest BCUT2D eigenvalue weighted by atomic mass is 15.3. The van der Waals surface area contributed by atoms with Crippen molar-refractivity contribution in [3.63, 3.8) is 0 Å². The molecule has 0 aromatic heterocycles. The lowest BCUT2D eigenvalue weighted by molar-refractivity contribution is 0.202. The van der Waals surface area contributed by atoms with Crippen LogP contribution in [0.3, 0.4) is 0 Å². The summed E-state index contributed by atoms with van der Waals surface area (Å²) in [6.45, 7) is 10.5. The van der Waals surface area contributed by atoms with Gasteiger partial charge in [0.25, 0.3) is 0 Å². The van der Waals surface area contributed by atoms with Crippen LogP contribution in [0, 0.1) is 5.92 Å². The lowest BCUT2D eigenvalue weighted by Gasteiger charge is -2.28. The van der Waals surface area contributed by atoms with E-state index in [1.807, 2.05) is 0 Å². The Bertz CT molecular complexity index is 234. The van der Waals surface area contributed by atoms with E-state index in [4.69, 9.17) is 5.73 Å². The Morgan fingerprint density at radius 2 is 1.83 bits per heavy atom. The molecule has 18 heavy (non-hydrogen) atoms. The summed E-state index contributed by atoms with van der Waals surface area (Å²) in [6.07, 6.45) is 6.88. The van der Waals surface area contributed by atoms with Crippen LogP contribution in [0.25, 0.3) is 0 Å². The zero-order valence-corrected chi connectivity index (χ0v) is 12.3. The van der Waals surface area contributed by atoms with Crippen molar-refractivity contribution in [2.24, 2.45) is 11.7 Å². The summed E-state index contributed by atoms with van der Waals surface area (Å²) in [6, 6.07) is 1.19. The van der Waals surface area contributed by atoms with E-state index in [0.29, 0.717) is 6.04 Å². The van der Waals surface area contributed by atoms with Crippen molar-refractivity contribution < 1.29 is 0 Å². The molecule has 2 N–H and O–H groups in total. The van der Waals surface area contributed by atoms with Gasteiger partial charge in [0, 0.05) is 25.2 Å². The van der Waals surface area contributed by atoms with Crippen molar-refractivity contribution in [3.8, 4) is 0 Å². The van der Waals surface area contributed by atoms with Gasteiger partial charge in [-0.2, -0.15) is 0 Å². The molecule has 2 atom stereocenters. The van der Waals surface area contributed by atoms with Gasteiger partial charge in [-0.1, -0.05) is 26.7 Å². The lowest BCUT2D eigenvalue weighted by Crippen LogP contribution is -2.43. The lowest BCUT2D eigenvalue weighted by atomic mass is 9.99. The topological polar surface area (TPSA) is 32.5 Å². The SMILES string of the molecule is CCN(CC)C1CCN(CC(N)C2CCCC2)C1. The van der Waals surface area contributed by atoms with E-state index in [0.717, 1.165) is 18.5 Å².